The Balaban J connectivity index is 1.34. The van der Waals surface area contributed by atoms with E-state index < -0.39 is 18.0 Å². The van der Waals surface area contributed by atoms with Crippen molar-refractivity contribution < 1.29 is 33.3 Å². The third kappa shape index (κ3) is 8.85. The van der Waals surface area contributed by atoms with Gasteiger partial charge in [-0.25, -0.2) is 10.2 Å². The molecule has 1 aliphatic carbocycles. The molecule has 0 saturated carbocycles. The number of hydrogen-bond acceptors (Lipinski definition) is 9. The summed E-state index contributed by atoms with van der Waals surface area (Å²) < 4.78 is 22.5. The van der Waals surface area contributed by atoms with Crippen LogP contribution in [0.25, 0.3) is 0 Å². The van der Waals surface area contributed by atoms with E-state index in [-0.39, 0.29) is 12.5 Å². The standard InChI is InChI=1S/C34H41N3O7S/c1-6-17-43-27-16-10-23(19-28(27)41-7-2)20-35-37-31(38)22(5)44-25-13-11-24(12-14-25)32(39)36-33-30(34(40)42-8-3)26-15-9-21(4)18-29(26)45-33/h10-14,16,19-22H,6-9,15,17-18H2,1-5H3,(H,36,39)(H,37,38). The van der Waals surface area contributed by atoms with Gasteiger partial charge in [-0.05, 0) is 106 Å². The topological polar surface area (TPSA) is 125 Å². The second-order valence-electron chi connectivity index (χ2n) is 10.7. The smallest absolute Gasteiger partial charge is 0.341 e. The Hall–Kier alpha value is -4.38. The fourth-order valence-electron chi connectivity index (χ4n) is 4.84. The molecular weight excluding hydrogens is 594 g/mol. The van der Waals surface area contributed by atoms with Crippen LogP contribution in [-0.4, -0.2) is 49.9 Å². The summed E-state index contributed by atoms with van der Waals surface area (Å²) in [6.07, 6.45) is 4.21. The van der Waals surface area contributed by atoms with Gasteiger partial charge in [0, 0.05) is 10.4 Å². The molecule has 2 N–H and O–H groups in total. The van der Waals surface area contributed by atoms with Crippen molar-refractivity contribution in [3.8, 4) is 17.2 Å². The summed E-state index contributed by atoms with van der Waals surface area (Å²) in [5, 5.41) is 7.48. The number of carbonyl (C=O) groups excluding carboxylic acids is 3. The maximum Gasteiger partial charge on any atom is 0.341 e. The van der Waals surface area contributed by atoms with Gasteiger partial charge in [-0.2, -0.15) is 5.10 Å². The van der Waals surface area contributed by atoms with E-state index in [2.05, 4.69) is 22.8 Å². The van der Waals surface area contributed by atoms with Crippen LogP contribution in [-0.2, 0) is 22.4 Å². The van der Waals surface area contributed by atoms with E-state index >= 15 is 0 Å². The third-order valence-electron chi connectivity index (χ3n) is 7.13. The minimum absolute atomic E-state index is 0.260. The van der Waals surface area contributed by atoms with E-state index in [4.69, 9.17) is 18.9 Å². The fourth-order valence-corrected chi connectivity index (χ4v) is 6.24. The molecule has 10 nitrogen and oxygen atoms in total. The van der Waals surface area contributed by atoms with Crippen LogP contribution in [0.15, 0.2) is 47.6 Å². The van der Waals surface area contributed by atoms with Crippen molar-refractivity contribution >= 4 is 40.3 Å². The highest BCUT2D eigenvalue weighted by Gasteiger charge is 2.29. The fraction of sp³-hybridized carbons (Fsp3) is 0.412. The van der Waals surface area contributed by atoms with Crippen molar-refractivity contribution in [2.45, 2.75) is 66.4 Å². The third-order valence-corrected chi connectivity index (χ3v) is 8.30. The van der Waals surface area contributed by atoms with Crippen LogP contribution >= 0.6 is 11.3 Å². The second-order valence-corrected chi connectivity index (χ2v) is 11.8. The first-order chi connectivity index (χ1) is 21.7. The highest BCUT2D eigenvalue weighted by Crippen LogP contribution is 2.40. The summed E-state index contributed by atoms with van der Waals surface area (Å²) in [4.78, 5) is 39.6. The van der Waals surface area contributed by atoms with Gasteiger partial charge in [0.15, 0.2) is 17.6 Å². The molecule has 1 aliphatic rings. The summed E-state index contributed by atoms with van der Waals surface area (Å²) >= 11 is 1.44. The SMILES string of the molecule is CCCOc1ccc(C=NNC(=O)C(C)Oc2ccc(C(=O)Nc3sc4c(c3C(=O)OCC)CCC(C)C4)cc2)cc1OCC. The quantitative estimate of drug-likeness (QED) is 0.119. The van der Waals surface area contributed by atoms with Crippen LogP contribution in [0, 0.1) is 5.92 Å². The number of fused-ring (bicyclic) bond motifs is 1. The number of hydrogen-bond donors (Lipinski definition) is 2. The van der Waals surface area contributed by atoms with Crippen molar-refractivity contribution in [2.75, 3.05) is 25.1 Å². The first-order valence-electron chi connectivity index (χ1n) is 15.4. The zero-order valence-electron chi connectivity index (χ0n) is 26.4. The van der Waals surface area contributed by atoms with Gasteiger partial charge < -0.3 is 24.3 Å². The van der Waals surface area contributed by atoms with Crippen molar-refractivity contribution in [3.63, 3.8) is 0 Å². The predicted molar refractivity (Wildman–Crippen MR) is 175 cm³/mol. The summed E-state index contributed by atoms with van der Waals surface area (Å²) in [5.41, 5.74) is 5.05. The van der Waals surface area contributed by atoms with Crippen LogP contribution in [0.2, 0.25) is 0 Å². The molecule has 4 rings (SSSR count). The lowest BCUT2D eigenvalue weighted by Crippen LogP contribution is -2.33. The molecular formula is C34H41N3O7S. The van der Waals surface area contributed by atoms with E-state index in [1.54, 1.807) is 44.2 Å². The van der Waals surface area contributed by atoms with Crippen molar-refractivity contribution in [3.05, 3.63) is 69.6 Å². The number of amides is 2. The zero-order chi connectivity index (χ0) is 32.3. The molecule has 45 heavy (non-hydrogen) atoms. The molecule has 0 saturated heterocycles. The number of esters is 1. The van der Waals surface area contributed by atoms with Gasteiger partial charge >= 0.3 is 5.97 Å². The maximum atomic E-state index is 13.1. The van der Waals surface area contributed by atoms with Gasteiger partial charge in [-0.1, -0.05) is 13.8 Å². The Morgan fingerprint density at radius 2 is 1.82 bits per heavy atom. The van der Waals surface area contributed by atoms with Gasteiger partial charge in [0.2, 0.25) is 0 Å². The molecule has 2 aromatic carbocycles. The van der Waals surface area contributed by atoms with Crippen LogP contribution < -0.4 is 25.0 Å². The average Bonchev–Trinajstić information content (AvgIpc) is 3.37. The Labute approximate surface area is 268 Å². The molecule has 1 heterocycles. The average molecular weight is 636 g/mol. The van der Waals surface area contributed by atoms with Gasteiger partial charge in [0.1, 0.15) is 10.8 Å². The molecule has 3 aromatic rings. The Morgan fingerprint density at radius 3 is 2.53 bits per heavy atom. The summed E-state index contributed by atoms with van der Waals surface area (Å²) in [7, 11) is 0. The molecule has 1 aromatic heterocycles. The molecule has 0 bridgehead atoms. The van der Waals surface area contributed by atoms with E-state index in [0.717, 1.165) is 41.7 Å². The number of hydrazone groups is 1. The summed E-state index contributed by atoms with van der Waals surface area (Å²) in [6, 6.07) is 11.9. The molecule has 2 amide bonds. The number of benzene rings is 2. The van der Waals surface area contributed by atoms with E-state index in [1.807, 2.05) is 26.0 Å². The van der Waals surface area contributed by atoms with Gasteiger partial charge in [0.25, 0.3) is 11.8 Å². The lowest BCUT2D eigenvalue weighted by molar-refractivity contribution is -0.127. The summed E-state index contributed by atoms with van der Waals surface area (Å²) in [6.45, 7) is 10.8. The Morgan fingerprint density at radius 1 is 1.04 bits per heavy atom. The van der Waals surface area contributed by atoms with Crippen molar-refractivity contribution in [2.24, 2.45) is 11.0 Å². The van der Waals surface area contributed by atoms with E-state index in [1.165, 1.54) is 17.6 Å². The van der Waals surface area contributed by atoms with Crippen LogP contribution in [0.3, 0.4) is 0 Å². The lowest BCUT2D eigenvalue weighted by atomic mass is 9.88. The monoisotopic (exact) mass is 635 g/mol. The number of thiophene rings is 1. The lowest BCUT2D eigenvalue weighted by Gasteiger charge is -2.18. The molecule has 0 spiro atoms. The highest BCUT2D eigenvalue weighted by atomic mass is 32.1. The highest BCUT2D eigenvalue weighted by molar-refractivity contribution is 7.17. The van der Waals surface area contributed by atoms with Crippen LogP contribution in [0.4, 0.5) is 5.00 Å². The molecule has 240 valence electrons. The first-order valence-corrected chi connectivity index (χ1v) is 16.2. The van der Waals surface area contributed by atoms with E-state index in [0.29, 0.717) is 52.5 Å². The number of nitrogens with zero attached hydrogens (tertiary/aromatic N) is 1. The number of carbonyl (C=O) groups is 3. The van der Waals surface area contributed by atoms with Gasteiger partial charge in [0.05, 0.1) is 31.6 Å². The minimum Gasteiger partial charge on any atom is -0.490 e. The van der Waals surface area contributed by atoms with Gasteiger partial charge in [-0.3, -0.25) is 9.59 Å². The Kier molecular flexibility index (Phi) is 12.0. The molecule has 0 radical (unpaired) electrons. The number of rotatable bonds is 14. The predicted octanol–water partition coefficient (Wildman–Crippen LogP) is 6.41. The number of anilines is 1. The molecule has 2 unspecified atom stereocenters. The molecule has 11 heteroatoms. The largest absolute Gasteiger partial charge is 0.490 e. The maximum absolute atomic E-state index is 13.1. The first kappa shape index (κ1) is 33.5. The van der Waals surface area contributed by atoms with Gasteiger partial charge in [-0.15, -0.1) is 11.3 Å². The summed E-state index contributed by atoms with van der Waals surface area (Å²) in [5.74, 6) is 1.00. The van der Waals surface area contributed by atoms with Crippen LogP contribution in [0.5, 0.6) is 17.2 Å². The Bertz CT molecular complexity index is 1520. The zero-order valence-corrected chi connectivity index (χ0v) is 27.3. The molecule has 0 aliphatic heterocycles. The minimum atomic E-state index is -0.849. The van der Waals surface area contributed by atoms with Crippen molar-refractivity contribution in [1.82, 2.24) is 5.43 Å². The van der Waals surface area contributed by atoms with Crippen LogP contribution in [0.1, 0.15) is 84.2 Å². The number of ether oxygens (including phenoxy) is 4. The molecule has 0 fully saturated rings. The second kappa shape index (κ2) is 16.1. The normalized spacial score (nSPS) is 14.7. The van der Waals surface area contributed by atoms with E-state index in [9.17, 15) is 14.4 Å². The van der Waals surface area contributed by atoms with Crippen molar-refractivity contribution in [1.29, 1.82) is 0 Å². The number of nitrogens with one attached hydrogen (secondary N) is 2. The molecule has 2 atom stereocenters.